The molecule has 5 nitrogen and oxygen atoms in total. The van der Waals surface area contributed by atoms with E-state index < -0.39 is 6.04 Å². The first-order valence-electron chi connectivity index (χ1n) is 10.9. The fourth-order valence-corrected chi connectivity index (χ4v) is 3.60. The number of nitrogens with zero attached hydrogens (tertiary/aromatic N) is 1. The summed E-state index contributed by atoms with van der Waals surface area (Å²) in [5, 5.41) is 3.02. The first kappa shape index (κ1) is 23.1. The third kappa shape index (κ3) is 6.20. The van der Waals surface area contributed by atoms with Crippen molar-refractivity contribution in [2.24, 2.45) is 0 Å². The molecule has 0 heterocycles. The number of hydrogen-bond donors (Lipinski definition) is 1. The Morgan fingerprint density at radius 3 is 2.09 bits per heavy atom. The molecule has 1 N–H and O–H groups in total. The SMILES string of the molecule is CCCC(=O)N(Cc1ccccc1)C(C(=O)NCc1ccc(OC)cc1)c1ccccc1. The summed E-state index contributed by atoms with van der Waals surface area (Å²) in [6.07, 6.45) is 1.11. The van der Waals surface area contributed by atoms with Crippen LogP contribution in [0.2, 0.25) is 0 Å². The minimum Gasteiger partial charge on any atom is -0.497 e. The maximum Gasteiger partial charge on any atom is 0.247 e. The van der Waals surface area contributed by atoms with Gasteiger partial charge in [-0.05, 0) is 35.2 Å². The van der Waals surface area contributed by atoms with Crippen LogP contribution in [0.15, 0.2) is 84.9 Å². The van der Waals surface area contributed by atoms with E-state index in [1.807, 2.05) is 91.9 Å². The topological polar surface area (TPSA) is 58.6 Å². The predicted molar refractivity (Wildman–Crippen MR) is 126 cm³/mol. The summed E-state index contributed by atoms with van der Waals surface area (Å²) < 4.78 is 5.20. The van der Waals surface area contributed by atoms with Crippen molar-refractivity contribution in [2.45, 2.75) is 38.9 Å². The lowest BCUT2D eigenvalue weighted by molar-refractivity contribution is -0.141. The van der Waals surface area contributed by atoms with Gasteiger partial charge in [-0.15, -0.1) is 0 Å². The summed E-state index contributed by atoms with van der Waals surface area (Å²) in [4.78, 5) is 28.3. The molecule has 5 heteroatoms. The third-order valence-corrected chi connectivity index (χ3v) is 5.28. The smallest absolute Gasteiger partial charge is 0.247 e. The molecule has 0 saturated heterocycles. The van der Waals surface area contributed by atoms with Crippen molar-refractivity contribution >= 4 is 11.8 Å². The van der Waals surface area contributed by atoms with Crippen molar-refractivity contribution < 1.29 is 14.3 Å². The summed E-state index contributed by atoms with van der Waals surface area (Å²) >= 11 is 0. The maximum atomic E-state index is 13.5. The van der Waals surface area contributed by atoms with Gasteiger partial charge in [0.25, 0.3) is 0 Å². The van der Waals surface area contributed by atoms with Gasteiger partial charge in [0.15, 0.2) is 0 Å². The number of carbonyl (C=O) groups excluding carboxylic acids is 2. The van der Waals surface area contributed by atoms with Crippen molar-refractivity contribution in [3.05, 3.63) is 102 Å². The summed E-state index contributed by atoms with van der Waals surface area (Å²) in [5.74, 6) is 0.527. The molecule has 0 spiro atoms. The largest absolute Gasteiger partial charge is 0.497 e. The molecular weight excluding hydrogens is 400 g/mol. The zero-order valence-corrected chi connectivity index (χ0v) is 18.7. The summed E-state index contributed by atoms with van der Waals surface area (Å²) in [5.41, 5.74) is 2.74. The summed E-state index contributed by atoms with van der Waals surface area (Å²) in [6, 6.07) is 26.1. The Balaban J connectivity index is 1.87. The average Bonchev–Trinajstić information content (AvgIpc) is 2.84. The van der Waals surface area contributed by atoms with E-state index in [-0.39, 0.29) is 11.8 Å². The van der Waals surface area contributed by atoms with Crippen LogP contribution in [0.3, 0.4) is 0 Å². The molecular formula is C27H30N2O3. The van der Waals surface area contributed by atoms with Gasteiger partial charge in [-0.1, -0.05) is 79.7 Å². The van der Waals surface area contributed by atoms with Gasteiger partial charge in [0.2, 0.25) is 11.8 Å². The van der Waals surface area contributed by atoms with Gasteiger partial charge >= 0.3 is 0 Å². The van der Waals surface area contributed by atoms with Gasteiger partial charge in [0.1, 0.15) is 11.8 Å². The standard InChI is InChI=1S/C27H30N2O3/c1-3-10-25(30)29(20-22-11-6-4-7-12-22)26(23-13-8-5-9-14-23)27(31)28-19-21-15-17-24(32-2)18-16-21/h4-9,11-18,26H,3,10,19-20H2,1-2H3,(H,28,31). The van der Waals surface area contributed by atoms with Gasteiger partial charge < -0.3 is 15.0 Å². The lowest BCUT2D eigenvalue weighted by Gasteiger charge is -2.31. The van der Waals surface area contributed by atoms with Crippen LogP contribution in [0.25, 0.3) is 0 Å². The monoisotopic (exact) mass is 430 g/mol. The maximum absolute atomic E-state index is 13.5. The fourth-order valence-electron chi connectivity index (χ4n) is 3.60. The van der Waals surface area contributed by atoms with E-state index in [1.54, 1.807) is 12.0 Å². The fraction of sp³-hybridized carbons (Fsp3) is 0.259. The van der Waals surface area contributed by atoms with E-state index in [0.717, 1.165) is 28.9 Å². The molecule has 0 fully saturated rings. The normalized spacial score (nSPS) is 11.4. The number of nitrogens with one attached hydrogen (secondary N) is 1. The van der Waals surface area contributed by atoms with Crippen molar-refractivity contribution in [3.8, 4) is 5.75 Å². The van der Waals surface area contributed by atoms with Crippen LogP contribution in [-0.4, -0.2) is 23.8 Å². The Bertz CT molecular complexity index is 988. The molecule has 0 aliphatic heterocycles. The molecule has 3 rings (SSSR count). The molecule has 3 aromatic rings. The highest BCUT2D eigenvalue weighted by molar-refractivity contribution is 5.88. The van der Waals surface area contributed by atoms with Crippen LogP contribution in [-0.2, 0) is 22.7 Å². The van der Waals surface area contributed by atoms with Gasteiger partial charge in [-0.25, -0.2) is 0 Å². The van der Waals surface area contributed by atoms with E-state index in [0.29, 0.717) is 19.5 Å². The van der Waals surface area contributed by atoms with E-state index in [2.05, 4.69) is 5.32 Å². The molecule has 32 heavy (non-hydrogen) atoms. The number of ether oxygens (including phenoxy) is 1. The number of benzene rings is 3. The summed E-state index contributed by atoms with van der Waals surface area (Å²) in [6.45, 7) is 2.71. The minimum absolute atomic E-state index is 0.0372. The van der Waals surface area contributed by atoms with E-state index in [9.17, 15) is 9.59 Å². The highest BCUT2D eigenvalue weighted by atomic mass is 16.5. The molecule has 1 unspecified atom stereocenters. The van der Waals surface area contributed by atoms with Crippen LogP contribution < -0.4 is 10.1 Å². The van der Waals surface area contributed by atoms with Crippen LogP contribution in [0.5, 0.6) is 5.75 Å². The lowest BCUT2D eigenvalue weighted by atomic mass is 10.0. The Hall–Kier alpha value is -3.60. The number of hydrogen-bond acceptors (Lipinski definition) is 3. The number of methoxy groups -OCH3 is 1. The highest BCUT2D eigenvalue weighted by Crippen LogP contribution is 2.25. The molecule has 0 aromatic heterocycles. The van der Waals surface area contributed by atoms with Crippen molar-refractivity contribution in [3.63, 3.8) is 0 Å². The molecule has 166 valence electrons. The molecule has 0 saturated carbocycles. The van der Waals surface area contributed by atoms with Crippen molar-refractivity contribution in [1.82, 2.24) is 10.2 Å². The quantitative estimate of drug-likeness (QED) is 0.499. The number of carbonyl (C=O) groups is 2. The van der Waals surface area contributed by atoms with Crippen LogP contribution in [0, 0.1) is 0 Å². The lowest BCUT2D eigenvalue weighted by Crippen LogP contribution is -2.43. The molecule has 0 bridgehead atoms. The van der Waals surface area contributed by atoms with E-state index in [4.69, 9.17) is 4.74 Å². The zero-order valence-electron chi connectivity index (χ0n) is 18.7. The Kier molecular flexibility index (Phi) is 8.44. The van der Waals surface area contributed by atoms with Gasteiger partial charge in [-0.2, -0.15) is 0 Å². The third-order valence-electron chi connectivity index (χ3n) is 5.28. The number of rotatable bonds is 10. The minimum atomic E-state index is -0.714. The average molecular weight is 431 g/mol. The second-order valence-corrected chi connectivity index (χ2v) is 7.64. The molecule has 0 aliphatic rings. The Labute approximate surface area is 190 Å². The molecule has 1 atom stereocenters. The predicted octanol–water partition coefficient (Wildman–Crippen LogP) is 4.88. The molecule has 0 aliphatic carbocycles. The Morgan fingerprint density at radius 2 is 1.50 bits per heavy atom. The van der Waals surface area contributed by atoms with Crippen LogP contribution in [0.1, 0.15) is 42.5 Å². The molecule has 2 amide bonds. The zero-order chi connectivity index (χ0) is 22.8. The van der Waals surface area contributed by atoms with Gasteiger partial charge in [0.05, 0.1) is 7.11 Å². The first-order chi connectivity index (χ1) is 15.6. The summed E-state index contributed by atoms with van der Waals surface area (Å²) in [7, 11) is 1.62. The van der Waals surface area contributed by atoms with Crippen LogP contribution in [0.4, 0.5) is 0 Å². The molecule has 3 aromatic carbocycles. The number of amides is 2. The van der Waals surface area contributed by atoms with Crippen LogP contribution >= 0.6 is 0 Å². The van der Waals surface area contributed by atoms with Crippen molar-refractivity contribution in [1.29, 1.82) is 0 Å². The second-order valence-electron chi connectivity index (χ2n) is 7.64. The molecule has 0 radical (unpaired) electrons. The second kappa shape index (κ2) is 11.7. The Morgan fingerprint density at radius 1 is 0.875 bits per heavy atom. The van der Waals surface area contributed by atoms with Gasteiger partial charge in [0, 0.05) is 19.5 Å². The highest BCUT2D eigenvalue weighted by Gasteiger charge is 2.31. The van der Waals surface area contributed by atoms with E-state index >= 15 is 0 Å². The van der Waals surface area contributed by atoms with Gasteiger partial charge in [-0.3, -0.25) is 9.59 Å². The van der Waals surface area contributed by atoms with Crippen molar-refractivity contribution in [2.75, 3.05) is 7.11 Å². The van der Waals surface area contributed by atoms with E-state index in [1.165, 1.54) is 0 Å². The first-order valence-corrected chi connectivity index (χ1v) is 10.9.